The van der Waals surface area contributed by atoms with E-state index in [1.54, 1.807) is 7.11 Å². The first-order valence-electron chi connectivity index (χ1n) is 8.58. The van der Waals surface area contributed by atoms with Gasteiger partial charge < -0.3 is 20.5 Å². The van der Waals surface area contributed by atoms with Gasteiger partial charge in [-0.1, -0.05) is 31.2 Å². The minimum atomic E-state index is 0.434. The summed E-state index contributed by atoms with van der Waals surface area (Å²) in [6.45, 7) is 4.00. The summed E-state index contributed by atoms with van der Waals surface area (Å²) in [5.74, 6) is 1.29. The van der Waals surface area contributed by atoms with Crippen molar-refractivity contribution in [3.63, 3.8) is 0 Å². The maximum Gasteiger partial charge on any atom is 0.193 e. The van der Waals surface area contributed by atoms with Crippen molar-refractivity contribution in [2.24, 2.45) is 10.7 Å². The summed E-state index contributed by atoms with van der Waals surface area (Å²) in [5, 5.41) is 3.12. The van der Waals surface area contributed by atoms with Crippen LogP contribution in [-0.4, -0.2) is 26.2 Å². The molecule has 0 atom stereocenters. The van der Waals surface area contributed by atoms with Crippen LogP contribution in [0, 0.1) is 0 Å². The molecule has 0 aliphatic rings. The minimum absolute atomic E-state index is 0.434. The Morgan fingerprint density at radius 1 is 1.12 bits per heavy atom. The molecule has 5 heteroatoms. The molecule has 0 aromatic heterocycles. The van der Waals surface area contributed by atoms with Crippen LogP contribution in [0.5, 0.6) is 5.75 Å². The molecule has 0 aliphatic heterocycles. The third kappa shape index (κ3) is 6.85. The lowest BCUT2D eigenvalue weighted by Gasteiger charge is -2.07. The molecule has 25 heavy (non-hydrogen) atoms. The molecule has 5 nitrogen and oxygen atoms in total. The summed E-state index contributed by atoms with van der Waals surface area (Å²) >= 11 is 0. The zero-order chi connectivity index (χ0) is 17.9. The van der Waals surface area contributed by atoms with Crippen LogP contribution < -0.4 is 15.8 Å². The Labute approximate surface area is 149 Å². The van der Waals surface area contributed by atoms with Crippen LogP contribution in [0.2, 0.25) is 0 Å². The molecular formula is C20H27N3O2. The van der Waals surface area contributed by atoms with Gasteiger partial charge in [-0.2, -0.15) is 0 Å². The summed E-state index contributed by atoms with van der Waals surface area (Å²) in [5.41, 5.74) is 9.28. The summed E-state index contributed by atoms with van der Waals surface area (Å²) < 4.78 is 10.8. The molecule has 0 heterocycles. The number of nitrogens with two attached hydrogens (primary N) is 1. The number of hydrogen-bond donors (Lipinski definition) is 2. The van der Waals surface area contributed by atoms with E-state index in [0.717, 1.165) is 29.8 Å². The lowest BCUT2D eigenvalue weighted by molar-refractivity contribution is 0.120. The fourth-order valence-corrected chi connectivity index (χ4v) is 2.33. The van der Waals surface area contributed by atoms with Gasteiger partial charge in [0.05, 0.1) is 13.7 Å². The van der Waals surface area contributed by atoms with Crippen molar-refractivity contribution in [3.05, 3.63) is 59.7 Å². The highest BCUT2D eigenvalue weighted by Crippen LogP contribution is 2.12. The maximum absolute atomic E-state index is 5.92. The molecule has 0 saturated carbocycles. The lowest BCUT2D eigenvalue weighted by Crippen LogP contribution is -2.23. The number of aliphatic imine (C=N–C) groups is 1. The molecule has 0 radical (unpaired) electrons. The zero-order valence-corrected chi connectivity index (χ0v) is 15.0. The normalized spacial score (nSPS) is 11.4. The number of nitrogens with zero attached hydrogens (tertiary/aromatic N) is 1. The highest BCUT2D eigenvalue weighted by atomic mass is 16.5. The number of rotatable bonds is 9. The fourth-order valence-electron chi connectivity index (χ4n) is 2.33. The van der Waals surface area contributed by atoms with Gasteiger partial charge in [0.1, 0.15) is 5.75 Å². The van der Waals surface area contributed by atoms with E-state index in [0.29, 0.717) is 25.7 Å². The van der Waals surface area contributed by atoms with E-state index >= 15 is 0 Å². The van der Waals surface area contributed by atoms with Gasteiger partial charge in [-0.25, -0.2) is 0 Å². The Balaban J connectivity index is 1.64. The molecule has 0 unspecified atom stereocenters. The van der Waals surface area contributed by atoms with Gasteiger partial charge in [0.25, 0.3) is 0 Å². The Hall–Kier alpha value is -2.53. The summed E-state index contributed by atoms with van der Waals surface area (Å²) in [6.07, 6.45) is 1.83. The standard InChI is InChI=1S/C20H27N3O2/c1-3-16-6-4-7-18(14-16)23-20(21)22-12-5-13-25-15-17-8-10-19(24-2)11-9-17/h4,6-11,14H,3,5,12-13,15H2,1-2H3,(H3,21,22,23). The Bertz CT molecular complexity index is 669. The van der Waals surface area contributed by atoms with Crippen LogP contribution in [0.25, 0.3) is 0 Å². The third-order valence-corrected chi connectivity index (χ3v) is 3.76. The minimum Gasteiger partial charge on any atom is -0.497 e. The summed E-state index contributed by atoms with van der Waals surface area (Å²) in [7, 11) is 1.66. The quantitative estimate of drug-likeness (QED) is 0.415. The number of ether oxygens (including phenoxy) is 2. The van der Waals surface area contributed by atoms with E-state index in [9.17, 15) is 0 Å². The van der Waals surface area contributed by atoms with Crippen molar-refractivity contribution < 1.29 is 9.47 Å². The number of benzene rings is 2. The monoisotopic (exact) mass is 341 g/mol. The Kier molecular flexibility index (Phi) is 7.79. The predicted molar refractivity (Wildman–Crippen MR) is 103 cm³/mol. The Morgan fingerprint density at radius 2 is 1.92 bits per heavy atom. The molecule has 0 aliphatic carbocycles. The number of aryl methyl sites for hydroxylation is 1. The Morgan fingerprint density at radius 3 is 2.64 bits per heavy atom. The van der Waals surface area contributed by atoms with Gasteiger partial charge in [0, 0.05) is 18.8 Å². The van der Waals surface area contributed by atoms with Gasteiger partial charge in [0.2, 0.25) is 0 Å². The van der Waals surface area contributed by atoms with Crippen LogP contribution in [0.15, 0.2) is 53.5 Å². The molecule has 2 aromatic rings. The fraction of sp³-hybridized carbons (Fsp3) is 0.350. The third-order valence-electron chi connectivity index (χ3n) is 3.76. The first-order valence-corrected chi connectivity index (χ1v) is 8.58. The highest BCUT2D eigenvalue weighted by molar-refractivity contribution is 5.92. The number of anilines is 1. The van der Waals surface area contributed by atoms with E-state index in [1.165, 1.54) is 5.56 Å². The number of guanidine groups is 1. The first-order chi connectivity index (χ1) is 12.2. The molecule has 2 rings (SSSR count). The molecule has 0 bridgehead atoms. The molecule has 2 aromatic carbocycles. The predicted octanol–water partition coefficient (Wildman–Crippen LogP) is 3.59. The topological polar surface area (TPSA) is 68.9 Å². The van der Waals surface area contributed by atoms with Crippen molar-refractivity contribution in [2.75, 3.05) is 25.6 Å². The second-order valence-corrected chi connectivity index (χ2v) is 5.70. The van der Waals surface area contributed by atoms with Crippen molar-refractivity contribution in [3.8, 4) is 5.75 Å². The van der Waals surface area contributed by atoms with Gasteiger partial charge in [-0.3, -0.25) is 4.99 Å². The van der Waals surface area contributed by atoms with Crippen molar-refractivity contribution in [2.45, 2.75) is 26.4 Å². The average Bonchev–Trinajstić information content (AvgIpc) is 2.65. The second kappa shape index (κ2) is 10.4. The van der Waals surface area contributed by atoms with E-state index in [4.69, 9.17) is 15.2 Å². The van der Waals surface area contributed by atoms with Gasteiger partial charge in [-0.05, 0) is 48.2 Å². The molecule has 134 valence electrons. The molecule has 0 fully saturated rings. The number of hydrogen-bond acceptors (Lipinski definition) is 3. The average molecular weight is 341 g/mol. The van der Waals surface area contributed by atoms with E-state index in [1.807, 2.05) is 36.4 Å². The first kappa shape index (κ1) is 18.8. The van der Waals surface area contributed by atoms with Crippen molar-refractivity contribution in [1.29, 1.82) is 0 Å². The number of methoxy groups -OCH3 is 1. The van der Waals surface area contributed by atoms with Gasteiger partial charge in [0.15, 0.2) is 5.96 Å². The molecule has 3 N–H and O–H groups in total. The van der Waals surface area contributed by atoms with Crippen molar-refractivity contribution >= 4 is 11.6 Å². The van der Waals surface area contributed by atoms with Crippen LogP contribution in [0.4, 0.5) is 5.69 Å². The summed E-state index contributed by atoms with van der Waals surface area (Å²) in [4.78, 5) is 4.33. The number of nitrogens with one attached hydrogen (secondary N) is 1. The largest absolute Gasteiger partial charge is 0.497 e. The van der Waals surface area contributed by atoms with Crippen LogP contribution in [0.3, 0.4) is 0 Å². The van der Waals surface area contributed by atoms with E-state index in [2.05, 4.69) is 29.4 Å². The lowest BCUT2D eigenvalue weighted by atomic mass is 10.1. The van der Waals surface area contributed by atoms with Crippen LogP contribution in [0.1, 0.15) is 24.5 Å². The molecule has 0 spiro atoms. The molecule has 0 amide bonds. The van der Waals surface area contributed by atoms with Crippen LogP contribution >= 0.6 is 0 Å². The maximum atomic E-state index is 5.92. The smallest absolute Gasteiger partial charge is 0.193 e. The van der Waals surface area contributed by atoms with E-state index < -0.39 is 0 Å². The molecular weight excluding hydrogens is 314 g/mol. The summed E-state index contributed by atoms with van der Waals surface area (Å²) in [6, 6.07) is 16.1. The highest BCUT2D eigenvalue weighted by Gasteiger charge is 1.97. The zero-order valence-electron chi connectivity index (χ0n) is 15.0. The van der Waals surface area contributed by atoms with Crippen molar-refractivity contribution in [1.82, 2.24) is 0 Å². The molecule has 0 saturated heterocycles. The SMILES string of the molecule is CCc1cccc(NC(N)=NCCCOCc2ccc(OC)cc2)c1. The van der Waals surface area contributed by atoms with Gasteiger partial charge in [-0.15, -0.1) is 0 Å². The van der Waals surface area contributed by atoms with Gasteiger partial charge >= 0.3 is 0 Å². The van der Waals surface area contributed by atoms with E-state index in [-0.39, 0.29) is 0 Å². The second-order valence-electron chi connectivity index (χ2n) is 5.70. The van der Waals surface area contributed by atoms with Crippen LogP contribution in [-0.2, 0) is 17.8 Å².